The molecular formula is C20H19N. The molecule has 1 aliphatic carbocycles. The van der Waals surface area contributed by atoms with Gasteiger partial charge in [0.25, 0.3) is 0 Å². The standard InChI is InChI=1S/C20H19N/c1-3-16(2)21(19-11-5-4-6-12-19)20-14-13-17-9-7-8-10-18(17)15-20/h3,5,7-15H,1-2,4,6H2. The molecule has 0 heterocycles. The van der Waals surface area contributed by atoms with Gasteiger partial charge in [0, 0.05) is 17.1 Å². The van der Waals surface area contributed by atoms with Gasteiger partial charge in [0.2, 0.25) is 0 Å². The summed E-state index contributed by atoms with van der Waals surface area (Å²) in [5.74, 6) is 0. The highest BCUT2D eigenvalue weighted by molar-refractivity contribution is 5.86. The molecule has 0 radical (unpaired) electrons. The third-order valence-corrected chi connectivity index (χ3v) is 3.75. The van der Waals surface area contributed by atoms with E-state index in [1.54, 1.807) is 6.08 Å². The van der Waals surface area contributed by atoms with Crippen LogP contribution in [0.1, 0.15) is 12.8 Å². The Morgan fingerprint density at radius 3 is 2.57 bits per heavy atom. The van der Waals surface area contributed by atoms with Crippen molar-refractivity contribution in [3.63, 3.8) is 0 Å². The van der Waals surface area contributed by atoms with Crippen LogP contribution in [0.5, 0.6) is 0 Å². The first-order chi connectivity index (χ1) is 10.3. The van der Waals surface area contributed by atoms with Gasteiger partial charge in [-0.1, -0.05) is 55.6 Å². The lowest BCUT2D eigenvalue weighted by atomic mass is 10.1. The van der Waals surface area contributed by atoms with E-state index in [-0.39, 0.29) is 0 Å². The summed E-state index contributed by atoms with van der Waals surface area (Å²) >= 11 is 0. The number of benzene rings is 2. The Kier molecular flexibility index (Phi) is 3.74. The molecule has 0 atom stereocenters. The molecule has 1 nitrogen and oxygen atoms in total. The van der Waals surface area contributed by atoms with Gasteiger partial charge in [-0.05, 0) is 47.9 Å². The van der Waals surface area contributed by atoms with E-state index in [4.69, 9.17) is 0 Å². The molecule has 0 saturated heterocycles. The minimum absolute atomic E-state index is 0.892. The molecule has 0 N–H and O–H groups in total. The van der Waals surface area contributed by atoms with Crippen molar-refractivity contribution < 1.29 is 0 Å². The van der Waals surface area contributed by atoms with Crippen LogP contribution < -0.4 is 4.90 Å². The van der Waals surface area contributed by atoms with Crippen LogP contribution in [0.15, 0.2) is 91.3 Å². The number of hydrogen-bond acceptors (Lipinski definition) is 1. The summed E-state index contributed by atoms with van der Waals surface area (Å²) in [6, 6.07) is 14.9. The molecule has 21 heavy (non-hydrogen) atoms. The minimum Gasteiger partial charge on any atom is -0.311 e. The van der Waals surface area contributed by atoms with Crippen LogP contribution >= 0.6 is 0 Å². The zero-order valence-electron chi connectivity index (χ0n) is 12.1. The molecule has 0 bridgehead atoms. The average molecular weight is 273 g/mol. The summed E-state index contributed by atoms with van der Waals surface area (Å²) < 4.78 is 0. The van der Waals surface area contributed by atoms with E-state index in [0.29, 0.717) is 0 Å². The summed E-state index contributed by atoms with van der Waals surface area (Å²) in [7, 11) is 0. The lowest BCUT2D eigenvalue weighted by molar-refractivity contribution is 0.988. The molecule has 104 valence electrons. The van der Waals surface area contributed by atoms with Gasteiger partial charge >= 0.3 is 0 Å². The Morgan fingerprint density at radius 2 is 1.86 bits per heavy atom. The third kappa shape index (κ3) is 2.68. The zero-order chi connectivity index (χ0) is 14.7. The van der Waals surface area contributed by atoms with Gasteiger partial charge in [0.05, 0.1) is 0 Å². The van der Waals surface area contributed by atoms with E-state index in [1.807, 2.05) is 0 Å². The zero-order valence-corrected chi connectivity index (χ0v) is 12.1. The number of nitrogens with zero attached hydrogens (tertiary/aromatic N) is 1. The average Bonchev–Trinajstić information content (AvgIpc) is 2.56. The lowest BCUT2D eigenvalue weighted by Gasteiger charge is -2.28. The molecule has 3 rings (SSSR count). The van der Waals surface area contributed by atoms with Crippen molar-refractivity contribution in [2.75, 3.05) is 4.90 Å². The summed E-state index contributed by atoms with van der Waals surface area (Å²) in [5, 5.41) is 2.48. The highest BCUT2D eigenvalue weighted by Crippen LogP contribution is 2.30. The van der Waals surface area contributed by atoms with Crippen LogP contribution in [0.2, 0.25) is 0 Å². The van der Waals surface area contributed by atoms with E-state index in [2.05, 4.69) is 78.8 Å². The summed E-state index contributed by atoms with van der Waals surface area (Å²) in [6.45, 7) is 8.01. The second-order valence-electron chi connectivity index (χ2n) is 5.17. The fraction of sp³-hybridized carbons (Fsp3) is 0.100. The van der Waals surface area contributed by atoms with Gasteiger partial charge in [-0.3, -0.25) is 0 Å². The second kappa shape index (κ2) is 5.84. The van der Waals surface area contributed by atoms with E-state index in [9.17, 15) is 0 Å². The minimum atomic E-state index is 0.892. The summed E-state index contributed by atoms with van der Waals surface area (Å²) in [4.78, 5) is 2.16. The molecule has 0 amide bonds. The first-order valence-electron chi connectivity index (χ1n) is 7.26. The van der Waals surface area contributed by atoms with Crippen molar-refractivity contribution >= 4 is 16.5 Å². The second-order valence-corrected chi connectivity index (χ2v) is 5.17. The Labute approximate surface area is 126 Å². The summed E-state index contributed by atoms with van der Waals surface area (Å²) in [5.41, 5.74) is 3.18. The molecule has 0 fully saturated rings. The van der Waals surface area contributed by atoms with Gasteiger partial charge in [0.1, 0.15) is 0 Å². The van der Waals surface area contributed by atoms with Crippen LogP contribution in [0.3, 0.4) is 0 Å². The maximum absolute atomic E-state index is 4.14. The predicted octanol–water partition coefficient (Wildman–Crippen LogP) is 5.58. The molecule has 1 heteroatoms. The maximum atomic E-state index is 4.14. The fourth-order valence-electron chi connectivity index (χ4n) is 2.65. The number of rotatable bonds is 4. The predicted molar refractivity (Wildman–Crippen MR) is 92.2 cm³/mol. The largest absolute Gasteiger partial charge is 0.311 e. The van der Waals surface area contributed by atoms with Crippen molar-refractivity contribution in [2.24, 2.45) is 0 Å². The Bertz CT molecular complexity index is 749. The highest BCUT2D eigenvalue weighted by Gasteiger charge is 2.13. The van der Waals surface area contributed by atoms with Gasteiger partial charge in [0.15, 0.2) is 0 Å². The molecule has 2 aromatic carbocycles. The number of hydrogen-bond donors (Lipinski definition) is 0. The molecule has 1 aliphatic rings. The van der Waals surface area contributed by atoms with Crippen molar-refractivity contribution in [3.8, 4) is 0 Å². The van der Waals surface area contributed by atoms with Crippen LogP contribution in [-0.2, 0) is 0 Å². The van der Waals surface area contributed by atoms with Gasteiger partial charge in [-0.25, -0.2) is 0 Å². The Morgan fingerprint density at radius 1 is 1.05 bits per heavy atom. The highest BCUT2D eigenvalue weighted by atomic mass is 15.1. The lowest BCUT2D eigenvalue weighted by Crippen LogP contribution is -2.19. The molecular weight excluding hydrogens is 254 g/mol. The van der Waals surface area contributed by atoms with Crippen LogP contribution in [0.4, 0.5) is 5.69 Å². The Balaban J connectivity index is 2.09. The molecule has 0 unspecified atom stereocenters. The smallest absolute Gasteiger partial charge is 0.0467 e. The monoisotopic (exact) mass is 273 g/mol. The molecule has 2 aromatic rings. The molecule has 0 spiro atoms. The maximum Gasteiger partial charge on any atom is 0.0467 e. The van der Waals surface area contributed by atoms with E-state index < -0.39 is 0 Å². The van der Waals surface area contributed by atoms with Crippen molar-refractivity contribution in [1.82, 2.24) is 0 Å². The fourth-order valence-corrected chi connectivity index (χ4v) is 2.65. The normalized spacial score (nSPS) is 13.8. The van der Waals surface area contributed by atoms with E-state index >= 15 is 0 Å². The topological polar surface area (TPSA) is 3.24 Å². The quantitative estimate of drug-likeness (QED) is 0.657. The number of allylic oxidation sites excluding steroid dienone is 4. The van der Waals surface area contributed by atoms with Crippen molar-refractivity contribution in [1.29, 1.82) is 0 Å². The molecule has 0 saturated carbocycles. The number of anilines is 1. The van der Waals surface area contributed by atoms with Crippen LogP contribution in [-0.4, -0.2) is 0 Å². The van der Waals surface area contributed by atoms with Gasteiger partial charge in [-0.15, -0.1) is 0 Å². The van der Waals surface area contributed by atoms with E-state index in [0.717, 1.165) is 24.2 Å². The first-order valence-corrected chi connectivity index (χ1v) is 7.26. The van der Waals surface area contributed by atoms with Gasteiger partial charge in [-0.2, -0.15) is 0 Å². The number of fused-ring (bicyclic) bond motifs is 1. The SMILES string of the molecule is C=CC(=C)N(C1=CCCC=C1)c1ccc2ccccc2c1. The molecule has 0 aliphatic heterocycles. The Hall–Kier alpha value is -2.54. The van der Waals surface area contributed by atoms with E-state index in [1.165, 1.54) is 16.5 Å². The van der Waals surface area contributed by atoms with Crippen molar-refractivity contribution in [3.05, 3.63) is 91.3 Å². The molecule has 0 aromatic heterocycles. The summed E-state index contributed by atoms with van der Waals surface area (Å²) in [6.07, 6.45) is 10.6. The van der Waals surface area contributed by atoms with Crippen molar-refractivity contribution in [2.45, 2.75) is 12.8 Å². The first kappa shape index (κ1) is 13.4. The third-order valence-electron chi connectivity index (χ3n) is 3.75. The van der Waals surface area contributed by atoms with Crippen LogP contribution in [0, 0.1) is 0 Å². The van der Waals surface area contributed by atoms with Crippen LogP contribution in [0.25, 0.3) is 10.8 Å². The van der Waals surface area contributed by atoms with Gasteiger partial charge < -0.3 is 4.90 Å².